The maximum absolute atomic E-state index is 11.6. The molecule has 5 nitrogen and oxygen atoms in total. The van der Waals surface area contributed by atoms with Crippen LogP contribution in [0.2, 0.25) is 0 Å². The Bertz CT molecular complexity index is 483. The van der Waals surface area contributed by atoms with Gasteiger partial charge in [0.25, 0.3) is 0 Å². The first-order chi connectivity index (χ1) is 9.01. The van der Waals surface area contributed by atoms with Gasteiger partial charge in [-0.15, -0.1) is 0 Å². The first-order valence-corrected chi connectivity index (χ1v) is 6.10. The number of amides is 3. The molecule has 1 aromatic carbocycles. The fraction of sp³-hybridized carbons (Fsp3) is 0.286. The summed E-state index contributed by atoms with van der Waals surface area (Å²) in [6, 6.07) is 6.68. The zero-order valence-corrected chi connectivity index (χ0v) is 11.2. The smallest absolute Gasteiger partial charge is 0.319 e. The SMILES string of the molecule is C=C(C)CNC(=O)Nc1cccc(NC(=O)CC)c1. The lowest BCUT2D eigenvalue weighted by atomic mass is 10.2. The first kappa shape index (κ1) is 14.8. The van der Waals surface area contributed by atoms with Crippen LogP contribution in [-0.2, 0) is 4.79 Å². The molecule has 1 aromatic rings. The van der Waals surface area contributed by atoms with Crippen molar-refractivity contribution >= 4 is 23.3 Å². The van der Waals surface area contributed by atoms with Gasteiger partial charge in [0, 0.05) is 24.3 Å². The average Bonchev–Trinajstić information content (AvgIpc) is 2.36. The van der Waals surface area contributed by atoms with Crippen molar-refractivity contribution in [2.75, 3.05) is 17.2 Å². The predicted molar refractivity (Wildman–Crippen MR) is 77.2 cm³/mol. The van der Waals surface area contributed by atoms with Crippen molar-refractivity contribution < 1.29 is 9.59 Å². The Morgan fingerprint density at radius 3 is 2.42 bits per heavy atom. The molecule has 0 aliphatic heterocycles. The van der Waals surface area contributed by atoms with Crippen LogP contribution < -0.4 is 16.0 Å². The molecule has 0 atom stereocenters. The minimum atomic E-state index is -0.304. The summed E-state index contributed by atoms with van der Waals surface area (Å²) in [6.07, 6.45) is 0.413. The van der Waals surface area contributed by atoms with Crippen LogP contribution in [0.3, 0.4) is 0 Å². The minimum Gasteiger partial charge on any atom is -0.334 e. The summed E-state index contributed by atoms with van der Waals surface area (Å²) in [5.41, 5.74) is 2.15. The summed E-state index contributed by atoms with van der Waals surface area (Å²) < 4.78 is 0. The second kappa shape index (κ2) is 7.20. The summed E-state index contributed by atoms with van der Waals surface area (Å²) in [5.74, 6) is -0.0658. The van der Waals surface area contributed by atoms with Crippen molar-refractivity contribution in [1.82, 2.24) is 5.32 Å². The molecule has 0 heterocycles. The van der Waals surface area contributed by atoms with E-state index in [1.165, 1.54) is 0 Å². The maximum Gasteiger partial charge on any atom is 0.319 e. The van der Waals surface area contributed by atoms with Gasteiger partial charge in [-0.05, 0) is 25.1 Å². The average molecular weight is 261 g/mol. The second-order valence-corrected chi connectivity index (χ2v) is 4.25. The van der Waals surface area contributed by atoms with Crippen LogP contribution in [0.4, 0.5) is 16.2 Å². The van der Waals surface area contributed by atoms with E-state index >= 15 is 0 Å². The topological polar surface area (TPSA) is 70.2 Å². The number of rotatable bonds is 5. The van der Waals surface area contributed by atoms with Crippen LogP contribution in [0, 0.1) is 0 Å². The third kappa shape index (κ3) is 5.72. The van der Waals surface area contributed by atoms with Crippen LogP contribution in [0.15, 0.2) is 36.4 Å². The molecule has 3 amide bonds. The van der Waals surface area contributed by atoms with Gasteiger partial charge in [-0.1, -0.05) is 25.1 Å². The summed E-state index contributed by atoms with van der Waals surface area (Å²) in [7, 11) is 0. The molecule has 0 aliphatic rings. The molecule has 3 N–H and O–H groups in total. The van der Waals surface area contributed by atoms with Crippen molar-refractivity contribution in [3.05, 3.63) is 36.4 Å². The molecular formula is C14H19N3O2. The Morgan fingerprint density at radius 2 is 1.84 bits per heavy atom. The molecule has 0 radical (unpaired) electrons. The van der Waals surface area contributed by atoms with Crippen molar-refractivity contribution in [2.45, 2.75) is 20.3 Å². The number of carbonyl (C=O) groups excluding carboxylic acids is 2. The van der Waals surface area contributed by atoms with Gasteiger partial charge in [0.1, 0.15) is 0 Å². The normalized spacial score (nSPS) is 9.58. The number of urea groups is 1. The highest BCUT2D eigenvalue weighted by atomic mass is 16.2. The van der Waals surface area contributed by atoms with Crippen LogP contribution in [0.25, 0.3) is 0 Å². The Labute approximate surface area is 113 Å². The molecule has 0 fully saturated rings. The Hall–Kier alpha value is -2.30. The monoisotopic (exact) mass is 261 g/mol. The van der Waals surface area contributed by atoms with Gasteiger partial charge < -0.3 is 16.0 Å². The van der Waals surface area contributed by atoms with E-state index in [9.17, 15) is 9.59 Å². The number of anilines is 2. The molecule has 0 aromatic heterocycles. The molecule has 0 saturated heterocycles. The molecule has 0 unspecified atom stereocenters. The van der Waals surface area contributed by atoms with Gasteiger partial charge in [-0.25, -0.2) is 4.79 Å². The first-order valence-electron chi connectivity index (χ1n) is 6.10. The molecule has 0 saturated carbocycles. The molecule has 0 bridgehead atoms. The van der Waals surface area contributed by atoms with Gasteiger partial charge in [-0.3, -0.25) is 4.79 Å². The highest BCUT2D eigenvalue weighted by molar-refractivity contribution is 5.93. The van der Waals surface area contributed by atoms with Crippen molar-refractivity contribution in [3.8, 4) is 0 Å². The highest BCUT2D eigenvalue weighted by Gasteiger charge is 2.03. The summed E-state index contributed by atoms with van der Waals surface area (Å²) >= 11 is 0. The van der Waals surface area contributed by atoms with Gasteiger partial charge in [-0.2, -0.15) is 0 Å². The van der Waals surface area contributed by atoms with Crippen LogP contribution >= 0.6 is 0 Å². The van der Waals surface area contributed by atoms with Crippen molar-refractivity contribution in [2.24, 2.45) is 0 Å². The standard InChI is InChI=1S/C14H19N3O2/c1-4-13(18)16-11-6-5-7-12(8-11)17-14(19)15-9-10(2)3/h5-8H,2,4,9H2,1,3H3,(H,16,18)(H2,15,17,19). The molecular weight excluding hydrogens is 242 g/mol. The Kier molecular flexibility index (Phi) is 5.60. The van der Waals surface area contributed by atoms with E-state index in [1.54, 1.807) is 31.2 Å². The summed E-state index contributed by atoms with van der Waals surface area (Å²) in [4.78, 5) is 22.8. The number of hydrogen-bond acceptors (Lipinski definition) is 2. The van der Waals surface area contributed by atoms with Crippen LogP contribution in [-0.4, -0.2) is 18.5 Å². The van der Waals surface area contributed by atoms with Gasteiger partial charge in [0.15, 0.2) is 0 Å². The Balaban J connectivity index is 2.59. The number of carbonyl (C=O) groups is 2. The van der Waals surface area contributed by atoms with Crippen molar-refractivity contribution in [3.63, 3.8) is 0 Å². The second-order valence-electron chi connectivity index (χ2n) is 4.25. The third-order valence-corrected chi connectivity index (χ3v) is 2.28. The third-order valence-electron chi connectivity index (χ3n) is 2.28. The molecule has 0 spiro atoms. The van der Waals surface area contributed by atoms with E-state index in [1.807, 2.05) is 6.92 Å². The molecule has 102 valence electrons. The largest absolute Gasteiger partial charge is 0.334 e. The molecule has 5 heteroatoms. The minimum absolute atomic E-state index is 0.0658. The fourth-order valence-electron chi connectivity index (χ4n) is 1.33. The van der Waals surface area contributed by atoms with Crippen LogP contribution in [0.1, 0.15) is 20.3 Å². The van der Waals surface area contributed by atoms with E-state index in [0.29, 0.717) is 24.3 Å². The lowest BCUT2D eigenvalue weighted by Gasteiger charge is -2.09. The fourth-order valence-corrected chi connectivity index (χ4v) is 1.33. The van der Waals surface area contributed by atoms with E-state index in [-0.39, 0.29) is 11.9 Å². The maximum atomic E-state index is 11.6. The van der Waals surface area contributed by atoms with E-state index in [2.05, 4.69) is 22.5 Å². The quantitative estimate of drug-likeness (QED) is 0.713. The Morgan fingerprint density at radius 1 is 1.21 bits per heavy atom. The summed E-state index contributed by atoms with van der Waals surface area (Å²) in [6.45, 7) is 7.74. The van der Waals surface area contributed by atoms with Crippen molar-refractivity contribution in [1.29, 1.82) is 0 Å². The molecule has 1 rings (SSSR count). The van der Waals surface area contributed by atoms with Gasteiger partial charge in [0.2, 0.25) is 5.91 Å². The van der Waals surface area contributed by atoms with Gasteiger partial charge in [0.05, 0.1) is 0 Å². The van der Waals surface area contributed by atoms with E-state index in [4.69, 9.17) is 0 Å². The zero-order chi connectivity index (χ0) is 14.3. The number of nitrogens with one attached hydrogen (secondary N) is 3. The summed E-state index contributed by atoms with van der Waals surface area (Å²) in [5, 5.41) is 8.08. The van der Waals surface area contributed by atoms with Crippen LogP contribution in [0.5, 0.6) is 0 Å². The van der Waals surface area contributed by atoms with E-state index in [0.717, 1.165) is 5.57 Å². The number of benzene rings is 1. The lowest BCUT2D eigenvalue weighted by molar-refractivity contribution is -0.115. The van der Waals surface area contributed by atoms with Gasteiger partial charge >= 0.3 is 6.03 Å². The zero-order valence-electron chi connectivity index (χ0n) is 11.2. The lowest BCUT2D eigenvalue weighted by Crippen LogP contribution is -2.29. The highest BCUT2D eigenvalue weighted by Crippen LogP contribution is 2.15. The molecule has 19 heavy (non-hydrogen) atoms. The van der Waals surface area contributed by atoms with E-state index < -0.39 is 0 Å². The predicted octanol–water partition coefficient (Wildman–Crippen LogP) is 2.73. The molecule has 0 aliphatic carbocycles. The number of hydrogen-bond donors (Lipinski definition) is 3.